The van der Waals surface area contributed by atoms with Gasteiger partial charge in [0.2, 0.25) is 0 Å². The number of rotatable bonds is 6. The van der Waals surface area contributed by atoms with E-state index in [9.17, 15) is 4.39 Å². The summed E-state index contributed by atoms with van der Waals surface area (Å²) < 4.78 is 18.1. The van der Waals surface area contributed by atoms with Crippen LogP contribution in [-0.2, 0) is 13.0 Å². The summed E-state index contributed by atoms with van der Waals surface area (Å²) in [7, 11) is 1.69. The third-order valence-electron chi connectivity index (χ3n) is 3.59. The zero-order chi connectivity index (χ0) is 18.2. The number of hydrogen-bond acceptors (Lipinski definition) is 5. The molecule has 134 valence electrons. The third-order valence-corrected chi connectivity index (χ3v) is 3.59. The van der Waals surface area contributed by atoms with Crippen molar-refractivity contribution in [3.05, 3.63) is 65.9 Å². The second-order valence-corrected chi connectivity index (χ2v) is 5.46. The molecule has 0 atom stereocenters. The van der Waals surface area contributed by atoms with E-state index in [-0.39, 0.29) is 5.82 Å². The fourth-order valence-electron chi connectivity index (χ4n) is 2.25. The summed E-state index contributed by atoms with van der Waals surface area (Å²) in [6.07, 6.45) is 2.26. The minimum absolute atomic E-state index is 0.249. The lowest BCUT2D eigenvalue weighted by Gasteiger charge is -2.11. The second kappa shape index (κ2) is 8.70. The minimum atomic E-state index is -0.249. The van der Waals surface area contributed by atoms with Gasteiger partial charge >= 0.3 is 0 Å². The van der Waals surface area contributed by atoms with E-state index in [0.29, 0.717) is 42.9 Å². The fourth-order valence-corrected chi connectivity index (χ4v) is 2.25. The fraction of sp³-hybridized carbons (Fsp3) is 0.222. The van der Waals surface area contributed by atoms with E-state index in [4.69, 9.17) is 4.52 Å². The van der Waals surface area contributed by atoms with Crippen molar-refractivity contribution in [1.82, 2.24) is 25.8 Å². The SMILES string of the molecule is CN=C(NCCc1noc(-c2ccccn2)n1)NCc1ccc(F)cc1. The molecular weight excluding hydrogens is 335 g/mol. The number of hydrogen-bond donors (Lipinski definition) is 2. The van der Waals surface area contributed by atoms with Gasteiger partial charge in [-0.3, -0.25) is 9.98 Å². The molecular formula is C18H19FN6O. The summed E-state index contributed by atoms with van der Waals surface area (Å²) in [6.45, 7) is 1.14. The van der Waals surface area contributed by atoms with Crippen molar-refractivity contribution in [3.63, 3.8) is 0 Å². The standard InChI is InChI=1S/C18H19FN6O/c1-20-18(23-12-13-5-7-14(19)8-6-13)22-11-9-16-24-17(26-25-16)15-4-2-3-10-21-15/h2-8,10H,9,11-12H2,1H3,(H2,20,22,23). The van der Waals surface area contributed by atoms with E-state index in [1.165, 1.54) is 12.1 Å². The lowest BCUT2D eigenvalue weighted by molar-refractivity contribution is 0.421. The van der Waals surface area contributed by atoms with Gasteiger partial charge in [0.1, 0.15) is 11.5 Å². The molecule has 2 heterocycles. The Labute approximate surface area is 150 Å². The normalized spacial score (nSPS) is 11.4. The van der Waals surface area contributed by atoms with Crippen LogP contribution in [0.4, 0.5) is 4.39 Å². The van der Waals surface area contributed by atoms with Crippen LogP contribution in [0.3, 0.4) is 0 Å². The highest BCUT2D eigenvalue weighted by molar-refractivity contribution is 5.79. The van der Waals surface area contributed by atoms with Crippen LogP contribution in [-0.4, -0.2) is 34.7 Å². The zero-order valence-electron chi connectivity index (χ0n) is 14.3. The number of benzene rings is 1. The molecule has 0 aliphatic rings. The van der Waals surface area contributed by atoms with Crippen molar-refractivity contribution in [2.24, 2.45) is 4.99 Å². The quantitative estimate of drug-likeness (QED) is 0.521. The van der Waals surface area contributed by atoms with E-state index in [1.807, 2.05) is 18.2 Å². The first kappa shape index (κ1) is 17.5. The van der Waals surface area contributed by atoms with Gasteiger partial charge in [0.15, 0.2) is 11.8 Å². The van der Waals surface area contributed by atoms with Crippen molar-refractivity contribution in [1.29, 1.82) is 0 Å². The number of aliphatic imine (C=N–C) groups is 1. The van der Waals surface area contributed by atoms with E-state index >= 15 is 0 Å². The monoisotopic (exact) mass is 354 g/mol. The molecule has 0 fully saturated rings. The van der Waals surface area contributed by atoms with Gasteiger partial charge in [-0.25, -0.2) is 4.39 Å². The molecule has 0 radical (unpaired) electrons. The Morgan fingerprint density at radius 2 is 2.00 bits per heavy atom. The molecule has 0 aliphatic heterocycles. The largest absolute Gasteiger partial charge is 0.356 e. The lowest BCUT2D eigenvalue weighted by atomic mass is 10.2. The average Bonchev–Trinajstić information content (AvgIpc) is 3.15. The molecule has 7 nitrogen and oxygen atoms in total. The second-order valence-electron chi connectivity index (χ2n) is 5.46. The molecule has 0 unspecified atom stereocenters. The number of aromatic nitrogens is 3. The first-order chi connectivity index (χ1) is 12.7. The Balaban J connectivity index is 1.46. The van der Waals surface area contributed by atoms with Crippen molar-refractivity contribution < 1.29 is 8.91 Å². The van der Waals surface area contributed by atoms with Crippen LogP contribution in [0.25, 0.3) is 11.6 Å². The summed E-state index contributed by atoms with van der Waals surface area (Å²) in [5, 5.41) is 10.3. The Hall–Kier alpha value is -3.29. The molecule has 2 aromatic heterocycles. The number of halogens is 1. The lowest BCUT2D eigenvalue weighted by Crippen LogP contribution is -2.37. The first-order valence-electron chi connectivity index (χ1n) is 8.17. The highest BCUT2D eigenvalue weighted by atomic mass is 19.1. The van der Waals surface area contributed by atoms with Crippen LogP contribution >= 0.6 is 0 Å². The van der Waals surface area contributed by atoms with Gasteiger partial charge < -0.3 is 15.2 Å². The van der Waals surface area contributed by atoms with E-state index in [1.54, 1.807) is 25.4 Å². The predicted octanol–water partition coefficient (Wildman–Crippen LogP) is 2.18. The van der Waals surface area contributed by atoms with Gasteiger partial charge in [-0.15, -0.1) is 0 Å². The summed E-state index contributed by atoms with van der Waals surface area (Å²) >= 11 is 0. The highest BCUT2D eigenvalue weighted by Crippen LogP contribution is 2.13. The van der Waals surface area contributed by atoms with Crippen LogP contribution in [0.2, 0.25) is 0 Å². The molecule has 3 aromatic rings. The number of guanidine groups is 1. The maximum atomic E-state index is 12.9. The van der Waals surface area contributed by atoms with Crippen LogP contribution in [0.15, 0.2) is 58.2 Å². The van der Waals surface area contributed by atoms with Crippen molar-refractivity contribution in [2.45, 2.75) is 13.0 Å². The summed E-state index contributed by atoms with van der Waals surface area (Å²) in [6, 6.07) is 11.8. The van der Waals surface area contributed by atoms with E-state index in [0.717, 1.165) is 5.56 Å². The number of nitrogens with one attached hydrogen (secondary N) is 2. The Morgan fingerprint density at radius 1 is 1.15 bits per heavy atom. The van der Waals surface area contributed by atoms with Gasteiger partial charge in [-0.1, -0.05) is 23.4 Å². The van der Waals surface area contributed by atoms with Crippen LogP contribution in [0.5, 0.6) is 0 Å². The molecule has 8 heteroatoms. The molecule has 2 N–H and O–H groups in total. The maximum Gasteiger partial charge on any atom is 0.276 e. The Bertz CT molecular complexity index is 848. The predicted molar refractivity (Wildman–Crippen MR) is 95.8 cm³/mol. The maximum absolute atomic E-state index is 12.9. The van der Waals surface area contributed by atoms with Crippen molar-refractivity contribution >= 4 is 5.96 Å². The van der Waals surface area contributed by atoms with Gasteiger partial charge in [0.05, 0.1) is 0 Å². The minimum Gasteiger partial charge on any atom is -0.356 e. The topological polar surface area (TPSA) is 88.2 Å². The molecule has 0 saturated heterocycles. The van der Waals surface area contributed by atoms with Gasteiger partial charge in [0, 0.05) is 32.8 Å². The smallest absolute Gasteiger partial charge is 0.276 e. The molecule has 0 amide bonds. The van der Waals surface area contributed by atoms with Crippen LogP contribution < -0.4 is 10.6 Å². The van der Waals surface area contributed by atoms with Crippen LogP contribution in [0.1, 0.15) is 11.4 Å². The van der Waals surface area contributed by atoms with Crippen molar-refractivity contribution in [3.8, 4) is 11.6 Å². The molecule has 26 heavy (non-hydrogen) atoms. The van der Waals surface area contributed by atoms with Gasteiger partial charge in [-0.05, 0) is 29.8 Å². The molecule has 1 aromatic carbocycles. The summed E-state index contributed by atoms with van der Waals surface area (Å²) in [5.41, 5.74) is 1.61. The first-order valence-corrected chi connectivity index (χ1v) is 8.17. The Kier molecular flexibility index (Phi) is 5.87. The van der Waals surface area contributed by atoms with Gasteiger partial charge in [0.25, 0.3) is 5.89 Å². The molecule has 0 saturated carbocycles. The van der Waals surface area contributed by atoms with Crippen LogP contribution in [0, 0.1) is 5.82 Å². The van der Waals surface area contributed by atoms with Gasteiger partial charge in [-0.2, -0.15) is 4.98 Å². The van der Waals surface area contributed by atoms with Crippen molar-refractivity contribution in [2.75, 3.05) is 13.6 Å². The van der Waals surface area contributed by atoms with E-state index < -0.39 is 0 Å². The molecule has 0 aliphatic carbocycles. The number of pyridine rings is 1. The molecule has 0 spiro atoms. The van der Waals surface area contributed by atoms with E-state index in [2.05, 4.69) is 30.8 Å². The molecule has 0 bridgehead atoms. The number of nitrogens with zero attached hydrogens (tertiary/aromatic N) is 4. The molecule has 3 rings (SSSR count). The average molecular weight is 354 g/mol. The highest BCUT2D eigenvalue weighted by Gasteiger charge is 2.09. The third kappa shape index (κ3) is 4.85. The Morgan fingerprint density at radius 3 is 2.73 bits per heavy atom. The summed E-state index contributed by atoms with van der Waals surface area (Å²) in [5.74, 6) is 1.38. The zero-order valence-corrected chi connectivity index (χ0v) is 14.3. The summed E-state index contributed by atoms with van der Waals surface area (Å²) in [4.78, 5) is 12.7.